The standard InChI is InChI=1S/C19H16N4O2/c1-23-17-10-6-5-9-16(17)22-18(23)13(11-20)12-21-15-8-4-3-7-14(15)19(24)25-2/h3-10,12H,1-2H3,(H,21,22,24)/p+1. The Bertz CT molecular complexity index is 1010. The number of H-pyrrole nitrogens is 1. The number of para-hydroxylation sites is 3. The molecule has 2 N–H and O–H groups in total. The van der Waals surface area contributed by atoms with Gasteiger partial charge >= 0.3 is 5.97 Å². The van der Waals surface area contributed by atoms with Crippen molar-refractivity contribution in [3.8, 4) is 6.07 Å². The van der Waals surface area contributed by atoms with Crippen molar-refractivity contribution in [2.75, 3.05) is 12.4 Å². The van der Waals surface area contributed by atoms with Gasteiger partial charge in [0.05, 0.1) is 25.4 Å². The maximum absolute atomic E-state index is 11.8. The van der Waals surface area contributed by atoms with E-state index in [1.165, 1.54) is 7.11 Å². The van der Waals surface area contributed by atoms with Crippen LogP contribution in [0.3, 0.4) is 0 Å². The quantitative estimate of drug-likeness (QED) is 0.437. The van der Waals surface area contributed by atoms with E-state index in [2.05, 4.69) is 16.4 Å². The SMILES string of the molecule is COC(=O)c1ccccc1NC=C(C#N)c1[nH]c2ccccc2[n+]1C. The minimum Gasteiger partial charge on any atom is -0.465 e. The largest absolute Gasteiger partial charge is 0.465 e. The van der Waals surface area contributed by atoms with Gasteiger partial charge in [0.25, 0.3) is 5.82 Å². The Hall–Kier alpha value is -3.59. The van der Waals surface area contributed by atoms with Crippen LogP contribution >= 0.6 is 0 Å². The highest BCUT2D eigenvalue weighted by atomic mass is 16.5. The Morgan fingerprint density at radius 1 is 1.24 bits per heavy atom. The van der Waals surface area contributed by atoms with E-state index in [4.69, 9.17) is 4.74 Å². The molecule has 1 aromatic heterocycles. The van der Waals surface area contributed by atoms with Crippen LogP contribution in [0, 0.1) is 11.3 Å². The highest BCUT2D eigenvalue weighted by molar-refractivity contribution is 5.96. The molecule has 124 valence electrons. The van der Waals surface area contributed by atoms with E-state index in [0.29, 0.717) is 22.6 Å². The molecule has 2 aromatic carbocycles. The monoisotopic (exact) mass is 333 g/mol. The zero-order chi connectivity index (χ0) is 17.8. The second-order valence-electron chi connectivity index (χ2n) is 5.40. The summed E-state index contributed by atoms with van der Waals surface area (Å²) >= 11 is 0. The topological polar surface area (TPSA) is 81.8 Å². The van der Waals surface area contributed by atoms with E-state index in [1.54, 1.807) is 30.5 Å². The Balaban J connectivity index is 1.98. The number of nitrogens with one attached hydrogen (secondary N) is 2. The van der Waals surface area contributed by atoms with Gasteiger partial charge in [-0.05, 0) is 24.3 Å². The number of aromatic nitrogens is 2. The summed E-state index contributed by atoms with van der Waals surface area (Å²) in [5.41, 5.74) is 3.32. The van der Waals surface area contributed by atoms with Gasteiger partial charge in [0.15, 0.2) is 16.6 Å². The minimum absolute atomic E-state index is 0.402. The molecule has 0 aliphatic heterocycles. The van der Waals surface area contributed by atoms with Crippen molar-refractivity contribution >= 4 is 28.3 Å². The first-order valence-electron chi connectivity index (χ1n) is 7.67. The summed E-state index contributed by atoms with van der Waals surface area (Å²) in [4.78, 5) is 15.1. The highest BCUT2D eigenvalue weighted by Crippen LogP contribution is 2.18. The molecule has 3 aromatic rings. The molecule has 0 saturated carbocycles. The van der Waals surface area contributed by atoms with Gasteiger partial charge in [-0.25, -0.2) is 14.3 Å². The fourth-order valence-corrected chi connectivity index (χ4v) is 2.65. The molecule has 0 bridgehead atoms. The molecule has 0 saturated heterocycles. The highest BCUT2D eigenvalue weighted by Gasteiger charge is 2.19. The van der Waals surface area contributed by atoms with Gasteiger partial charge in [-0.2, -0.15) is 5.26 Å². The third-order valence-electron chi connectivity index (χ3n) is 3.93. The Labute approximate surface area is 145 Å². The van der Waals surface area contributed by atoms with Crippen molar-refractivity contribution in [1.82, 2.24) is 4.98 Å². The van der Waals surface area contributed by atoms with Gasteiger partial charge in [-0.3, -0.25) is 0 Å². The molecular weight excluding hydrogens is 316 g/mol. The van der Waals surface area contributed by atoms with Crippen molar-refractivity contribution in [3.63, 3.8) is 0 Å². The maximum atomic E-state index is 11.8. The number of aryl methyl sites for hydroxylation is 1. The predicted octanol–water partition coefficient (Wildman–Crippen LogP) is 2.76. The number of rotatable bonds is 4. The lowest BCUT2D eigenvalue weighted by atomic mass is 10.2. The number of ether oxygens (including phenoxy) is 1. The summed E-state index contributed by atoms with van der Waals surface area (Å²) in [5.74, 6) is 0.234. The van der Waals surface area contributed by atoms with Crippen LogP contribution in [-0.2, 0) is 11.8 Å². The fourth-order valence-electron chi connectivity index (χ4n) is 2.65. The number of carbonyl (C=O) groups is 1. The number of fused-ring (bicyclic) bond motifs is 1. The number of aromatic amines is 1. The van der Waals surface area contributed by atoms with E-state index in [0.717, 1.165) is 11.0 Å². The van der Waals surface area contributed by atoms with E-state index in [9.17, 15) is 10.1 Å². The zero-order valence-corrected chi connectivity index (χ0v) is 13.9. The fraction of sp³-hybridized carbons (Fsp3) is 0.105. The van der Waals surface area contributed by atoms with Gasteiger partial charge in [0.1, 0.15) is 6.07 Å². The number of nitrogens with zero attached hydrogens (tertiary/aromatic N) is 2. The van der Waals surface area contributed by atoms with E-state index >= 15 is 0 Å². The van der Waals surface area contributed by atoms with E-state index in [1.807, 2.05) is 35.9 Å². The number of methoxy groups -OCH3 is 1. The van der Waals surface area contributed by atoms with Crippen LogP contribution < -0.4 is 9.88 Å². The van der Waals surface area contributed by atoms with Gasteiger partial charge in [-0.1, -0.05) is 24.3 Å². The second kappa shape index (κ2) is 6.89. The van der Waals surface area contributed by atoms with Crippen LogP contribution in [0.25, 0.3) is 16.6 Å². The van der Waals surface area contributed by atoms with Crippen LogP contribution in [0.15, 0.2) is 54.7 Å². The lowest BCUT2D eigenvalue weighted by Crippen LogP contribution is -2.31. The van der Waals surface area contributed by atoms with Crippen molar-refractivity contribution < 1.29 is 14.1 Å². The molecule has 3 rings (SSSR count). The number of anilines is 1. The third kappa shape index (κ3) is 3.08. The van der Waals surface area contributed by atoms with Crippen LogP contribution in [0.1, 0.15) is 16.2 Å². The smallest absolute Gasteiger partial charge is 0.339 e. The molecule has 0 unspecified atom stereocenters. The van der Waals surface area contributed by atoms with E-state index in [-0.39, 0.29) is 0 Å². The molecule has 0 aliphatic carbocycles. The van der Waals surface area contributed by atoms with Crippen molar-refractivity contribution in [2.45, 2.75) is 0 Å². The number of esters is 1. The van der Waals surface area contributed by atoms with Crippen LogP contribution in [0.4, 0.5) is 5.69 Å². The minimum atomic E-state index is -0.439. The Kier molecular flexibility index (Phi) is 4.48. The number of nitriles is 1. The molecular formula is C19H17N4O2+. The van der Waals surface area contributed by atoms with Crippen LogP contribution in [0.2, 0.25) is 0 Å². The first-order valence-corrected chi connectivity index (χ1v) is 7.67. The lowest BCUT2D eigenvalue weighted by Gasteiger charge is -2.07. The van der Waals surface area contributed by atoms with Gasteiger partial charge in [-0.15, -0.1) is 0 Å². The summed E-state index contributed by atoms with van der Waals surface area (Å²) in [6.45, 7) is 0. The molecule has 0 aliphatic rings. The van der Waals surface area contributed by atoms with Gasteiger partial charge in [0, 0.05) is 6.20 Å². The first kappa shape index (κ1) is 16.3. The number of benzene rings is 2. The molecule has 0 atom stereocenters. The Morgan fingerprint density at radius 3 is 2.68 bits per heavy atom. The predicted molar refractivity (Wildman–Crippen MR) is 94.5 cm³/mol. The summed E-state index contributed by atoms with van der Waals surface area (Å²) in [6.07, 6.45) is 1.58. The maximum Gasteiger partial charge on any atom is 0.339 e. The molecule has 0 fully saturated rings. The number of hydrogen-bond acceptors (Lipinski definition) is 4. The zero-order valence-electron chi connectivity index (χ0n) is 13.9. The number of hydrogen-bond donors (Lipinski definition) is 2. The average molecular weight is 333 g/mol. The van der Waals surface area contributed by atoms with Crippen molar-refractivity contribution in [2.24, 2.45) is 7.05 Å². The third-order valence-corrected chi connectivity index (χ3v) is 3.93. The summed E-state index contributed by atoms with van der Waals surface area (Å²) in [7, 11) is 3.22. The molecule has 0 radical (unpaired) electrons. The lowest BCUT2D eigenvalue weighted by molar-refractivity contribution is -0.647. The van der Waals surface area contributed by atoms with Crippen LogP contribution in [0.5, 0.6) is 0 Å². The van der Waals surface area contributed by atoms with Crippen molar-refractivity contribution in [3.05, 3.63) is 66.1 Å². The molecule has 0 spiro atoms. The first-order chi connectivity index (χ1) is 12.2. The van der Waals surface area contributed by atoms with Crippen molar-refractivity contribution in [1.29, 1.82) is 5.26 Å². The van der Waals surface area contributed by atoms with E-state index < -0.39 is 5.97 Å². The van der Waals surface area contributed by atoms with Crippen LogP contribution in [-0.4, -0.2) is 18.1 Å². The average Bonchev–Trinajstić information content (AvgIpc) is 2.99. The summed E-state index contributed by atoms with van der Waals surface area (Å²) in [6, 6.07) is 17.0. The molecule has 6 nitrogen and oxygen atoms in total. The summed E-state index contributed by atoms with van der Waals surface area (Å²) < 4.78 is 6.69. The number of imidazole rings is 1. The number of allylic oxidation sites excluding steroid dienone is 1. The van der Waals surface area contributed by atoms with Gasteiger partial charge < -0.3 is 10.1 Å². The molecule has 0 amide bonds. The summed E-state index contributed by atoms with van der Waals surface area (Å²) in [5, 5.41) is 12.6. The second-order valence-corrected chi connectivity index (χ2v) is 5.40. The molecule has 1 heterocycles. The van der Waals surface area contributed by atoms with Gasteiger partial charge in [0.2, 0.25) is 0 Å². The molecule has 25 heavy (non-hydrogen) atoms. The normalized spacial score (nSPS) is 11.2. The number of carbonyl (C=O) groups excluding carboxylic acids is 1. The Morgan fingerprint density at radius 2 is 1.96 bits per heavy atom. The molecule has 6 heteroatoms.